The molecule has 0 fully saturated rings. The zero-order valence-electron chi connectivity index (χ0n) is 8.06. The van der Waals surface area contributed by atoms with E-state index < -0.39 is 11.8 Å². The van der Waals surface area contributed by atoms with Crippen molar-refractivity contribution in [1.29, 1.82) is 0 Å². The summed E-state index contributed by atoms with van der Waals surface area (Å²) in [6, 6.07) is 8.48. The minimum absolute atomic E-state index is 0.421. The summed E-state index contributed by atoms with van der Waals surface area (Å²) in [5.74, 6) is -0.901. The lowest BCUT2D eigenvalue weighted by Gasteiger charge is -2.14. The van der Waals surface area contributed by atoms with Gasteiger partial charge in [-0.25, -0.2) is 0 Å². The number of carbonyl (C=O) groups is 2. The topological polar surface area (TPSA) is 46.6 Å². The van der Waals surface area contributed by atoms with Gasteiger partial charge in [-0.3, -0.25) is 14.4 Å². The van der Waals surface area contributed by atoms with E-state index in [0.29, 0.717) is 5.56 Å². The van der Waals surface area contributed by atoms with Gasteiger partial charge in [0.15, 0.2) is 0 Å². The molecule has 1 aromatic carbocycles. The van der Waals surface area contributed by atoms with E-state index in [1.807, 2.05) is 0 Å². The molecule has 0 N–H and O–H groups in total. The van der Waals surface area contributed by atoms with Crippen LogP contribution in [0.3, 0.4) is 0 Å². The molecule has 0 spiro atoms. The SMILES string of the molecule is CON(C(C)=O)C(=O)c1ccccc1. The van der Waals surface area contributed by atoms with E-state index in [0.717, 1.165) is 5.06 Å². The summed E-state index contributed by atoms with van der Waals surface area (Å²) in [4.78, 5) is 27.2. The van der Waals surface area contributed by atoms with Gasteiger partial charge >= 0.3 is 0 Å². The highest BCUT2D eigenvalue weighted by atomic mass is 16.7. The van der Waals surface area contributed by atoms with Crippen LogP contribution in [0, 0.1) is 0 Å². The van der Waals surface area contributed by atoms with Gasteiger partial charge in [0, 0.05) is 12.5 Å². The predicted octanol–water partition coefficient (Wildman–Crippen LogP) is 1.24. The van der Waals surface area contributed by atoms with Crippen LogP contribution < -0.4 is 0 Å². The molecule has 14 heavy (non-hydrogen) atoms. The Labute approximate surface area is 82.0 Å². The van der Waals surface area contributed by atoms with Crippen molar-refractivity contribution in [2.75, 3.05) is 7.11 Å². The zero-order chi connectivity index (χ0) is 10.6. The summed E-state index contributed by atoms with van der Waals surface area (Å²) in [5.41, 5.74) is 0.421. The van der Waals surface area contributed by atoms with Crippen LogP contribution in [0.25, 0.3) is 0 Å². The number of imide groups is 1. The van der Waals surface area contributed by atoms with Crippen LogP contribution in [0.4, 0.5) is 0 Å². The fourth-order valence-electron chi connectivity index (χ4n) is 1.05. The van der Waals surface area contributed by atoms with Crippen molar-refractivity contribution < 1.29 is 14.4 Å². The third-order valence-corrected chi connectivity index (χ3v) is 1.67. The van der Waals surface area contributed by atoms with E-state index in [-0.39, 0.29) is 0 Å². The summed E-state index contributed by atoms with van der Waals surface area (Å²) in [6.45, 7) is 1.27. The van der Waals surface area contributed by atoms with Crippen LogP contribution in [0.1, 0.15) is 17.3 Å². The van der Waals surface area contributed by atoms with Crippen molar-refractivity contribution in [1.82, 2.24) is 5.06 Å². The van der Waals surface area contributed by atoms with Gasteiger partial charge < -0.3 is 0 Å². The van der Waals surface area contributed by atoms with Gasteiger partial charge in [0.25, 0.3) is 11.8 Å². The standard InChI is InChI=1S/C10H11NO3/c1-8(12)11(14-2)10(13)9-6-4-3-5-7-9/h3-7H,1-2H3. The summed E-state index contributed by atoms with van der Waals surface area (Å²) in [6.07, 6.45) is 0. The minimum atomic E-state index is -0.458. The molecule has 0 aliphatic rings. The maximum Gasteiger partial charge on any atom is 0.284 e. The van der Waals surface area contributed by atoms with Gasteiger partial charge in [-0.05, 0) is 12.1 Å². The molecule has 0 saturated carbocycles. The van der Waals surface area contributed by atoms with Gasteiger partial charge in [-0.2, -0.15) is 0 Å². The van der Waals surface area contributed by atoms with Crippen molar-refractivity contribution >= 4 is 11.8 Å². The van der Waals surface area contributed by atoms with Gasteiger partial charge in [-0.1, -0.05) is 18.2 Å². The number of hydroxylamine groups is 2. The smallest absolute Gasteiger partial charge is 0.272 e. The quantitative estimate of drug-likeness (QED) is 0.664. The van der Waals surface area contributed by atoms with Gasteiger partial charge in [0.05, 0.1) is 7.11 Å². The first-order valence-corrected chi connectivity index (χ1v) is 4.11. The van der Waals surface area contributed by atoms with E-state index in [1.54, 1.807) is 30.3 Å². The average molecular weight is 193 g/mol. The Morgan fingerprint density at radius 1 is 1.21 bits per heavy atom. The molecule has 0 aliphatic heterocycles. The number of rotatable bonds is 2. The van der Waals surface area contributed by atoms with Crippen LogP contribution in [0.15, 0.2) is 30.3 Å². The minimum Gasteiger partial charge on any atom is -0.272 e. The lowest BCUT2D eigenvalue weighted by molar-refractivity contribution is -0.159. The largest absolute Gasteiger partial charge is 0.284 e. The molecule has 0 aliphatic carbocycles. The molecule has 4 heteroatoms. The third-order valence-electron chi connectivity index (χ3n) is 1.67. The maximum absolute atomic E-state index is 11.6. The molecule has 1 aromatic rings. The lowest BCUT2D eigenvalue weighted by Crippen LogP contribution is -2.34. The van der Waals surface area contributed by atoms with Gasteiger partial charge in [-0.15, -0.1) is 5.06 Å². The molecule has 0 heterocycles. The van der Waals surface area contributed by atoms with Crippen LogP contribution >= 0.6 is 0 Å². The summed E-state index contributed by atoms with van der Waals surface area (Å²) in [5, 5.41) is 0.718. The second-order valence-electron chi connectivity index (χ2n) is 2.67. The normalized spacial score (nSPS) is 9.57. The predicted molar refractivity (Wildman–Crippen MR) is 50.3 cm³/mol. The fraction of sp³-hybridized carbons (Fsp3) is 0.200. The summed E-state index contributed by atoms with van der Waals surface area (Å²) in [7, 11) is 1.28. The van der Waals surface area contributed by atoms with E-state index in [1.165, 1.54) is 14.0 Å². The average Bonchev–Trinajstić information content (AvgIpc) is 2.19. The van der Waals surface area contributed by atoms with Crippen LogP contribution in [-0.4, -0.2) is 24.0 Å². The molecular formula is C10H11NO3. The van der Waals surface area contributed by atoms with Crippen LogP contribution in [0.5, 0.6) is 0 Å². The van der Waals surface area contributed by atoms with Gasteiger partial charge in [0.2, 0.25) is 0 Å². The molecule has 2 amide bonds. The Kier molecular flexibility index (Phi) is 3.36. The van der Waals surface area contributed by atoms with E-state index in [4.69, 9.17) is 0 Å². The first-order valence-electron chi connectivity index (χ1n) is 4.11. The Balaban J connectivity index is 2.89. The lowest BCUT2D eigenvalue weighted by atomic mass is 10.2. The molecule has 0 aromatic heterocycles. The molecular weight excluding hydrogens is 182 g/mol. The maximum atomic E-state index is 11.6. The van der Waals surface area contributed by atoms with Crippen molar-refractivity contribution in [2.45, 2.75) is 6.92 Å². The Morgan fingerprint density at radius 3 is 2.21 bits per heavy atom. The molecule has 0 saturated heterocycles. The van der Waals surface area contributed by atoms with Gasteiger partial charge in [0.1, 0.15) is 0 Å². The molecule has 0 atom stereocenters. The van der Waals surface area contributed by atoms with Crippen molar-refractivity contribution in [2.24, 2.45) is 0 Å². The fourth-order valence-corrected chi connectivity index (χ4v) is 1.05. The summed E-state index contributed by atoms with van der Waals surface area (Å²) < 4.78 is 0. The van der Waals surface area contributed by atoms with E-state index in [2.05, 4.69) is 4.84 Å². The monoisotopic (exact) mass is 193 g/mol. The number of hydrogen-bond acceptors (Lipinski definition) is 3. The molecule has 0 bridgehead atoms. The van der Waals surface area contributed by atoms with Crippen LogP contribution in [0.2, 0.25) is 0 Å². The Bertz CT molecular complexity index is 334. The summed E-state index contributed by atoms with van der Waals surface area (Å²) >= 11 is 0. The number of amides is 2. The highest BCUT2D eigenvalue weighted by Gasteiger charge is 2.18. The van der Waals surface area contributed by atoms with Crippen molar-refractivity contribution in [3.05, 3.63) is 35.9 Å². The second kappa shape index (κ2) is 4.53. The molecule has 0 radical (unpaired) electrons. The number of benzene rings is 1. The molecule has 1 rings (SSSR count). The molecule has 4 nitrogen and oxygen atoms in total. The van der Waals surface area contributed by atoms with E-state index >= 15 is 0 Å². The Hall–Kier alpha value is -1.68. The number of carbonyl (C=O) groups excluding carboxylic acids is 2. The Morgan fingerprint density at radius 2 is 1.79 bits per heavy atom. The van der Waals surface area contributed by atoms with Crippen LogP contribution in [-0.2, 0) is 9.63 Å². The highest BCUT2D eigenvalue weighted by Crippen LogP contribution is 2.04. The van der Waals surface area contributed by atoms with Crippen molar-refractivity contribution in [3.63, 3.8) is 0 Å². The first kappa shape index (κ1) is 10.4. The first-order chi connectivity index (χ1) is 6.66. The second-order valence-corrected chi connectivity index (χ2v) is 2.67. The third kappa shape index (κ3) is 2.17. The van der Waals surface area contributed by atoms with E-state index in [9.17, 15) is 9.59 Å². The molecule has 0 unspecified atom stereocenters. The number of nitrogens with zero attached hydrogens (tertiary/aromatic N) is 1. The number of hydrogen-bond donors (Lipinski definition) is 0. The van der Waals surface area contributed by atoms with Crippen molar-refractivity contribution in [3.8, 4) is 0 Å². The molecule has 74 valence electrons. The zero-order valence-corrected chi connectivity index (χ0v) is 8.06. The highest BCUT2D eigenvalue weighted by molar-refractivity contribution is 6.02.